The summed E-state index contributed by atoms with van der Waals surface area (Å²) in [7, 11) is 1.67. The third-order valence-corrected chi connectivity index (χ3v) is 6.47. The Bertz CT molecular complexity index is 1050. The van der Waals surface area contributed by atoms with Crippen LogP contribution in [0.1, 0.15) is 58.2 Å². The first-order chi connectivity index (χ1) is 16.5. The second-order valence-corrected chi connectivity index (χ2v) is 8.71. The number of rotatable bonds is 9. The van der Waals surface area contributed by atoms with Crippen molar-refractivity contribution in [3.8, 4) is 11.5 Å². The van der Waals surface area contributed by atoms with Crippen LogP contribution in [-0.4, -0.2) is 42.7 Å². The van der Waals surface area contributed by atoms with E-state index in [1.807, 2.05) is 38.1 Å². The van der Waals surface area contributed by atoms with Gasteiger partial charge in [0, 0.05) is 12.1 Å². The molecule has 34 heavy (non-hydrogen) atoms. The van der Waals surface area contributed by atoms with E-state index in [0.29, 0.717) is 24.5 Å². The van der Waals surface area contributed by atoms with Crippen LogP contribution >= 0.6 is 0 Å². The van der Waals surface area contributed by atoms with Crippen LogP contribution < -0.4 is 14.8 Å². The Morgan fingerprint density at radius 3 is 2.32 bits per heavy atom. The lowest BCUT2D eigenvalue weighted by Gasteiger charge is -2.35. The predicted molar refractivity (Wildman–Crippen MR) is 130 cm³/mol. The molecule has 7 nitrogen and oxygen atoms in total. The van der Waals surface area contributed by atoms with E-state index < -0.39 is 0 Å². The van der Waals surface area contributed by atoms with E-state index >= 15 is 0 Å². The van der Waals surface area contributed by atoms with Gasteiger partial charge in [-0.2, -0.15) is 0 Å². The highest BCUT2D eigenvalue weighted by atomic mass is 16.5. The number of piperidine rings is 1. The summed E-state index contributed by atoms with van der Waals surface area (Å²) in [6, 6.07) is 15.5. The Balaban J connectivity index is 1.37. The molecule has 1 saturated heterocycles. The maximum Gasteiger partial charge on any atom is 0.251 e. The zero-order valence-electron chi connectivity index (χ0n) is 20.2. The minimum absolute atomic E-state index is 0.0900. The van der Waals surface area contributed by atoms with Crippen LogP contribution in [0.15, 0.2) is 53.1 Å². The van der Waals surface area contributed by atoms with Crippen molar-refractivity contribution in [1.29, 1.82) is 0 Å². The van der Waals surface area contributed by atoms with Crippen molar-refractivity contribution >= 4 is 5.91 Å². The monoisotopic (exact) mass is 463 g/mol. The molecule has 1 aromatic heterocycles. The van der Waals surface area contributed by atoms with Crippen molar-refractivity contribution in [3.05, 3.63) is 76.7 Å². The van der Waals surface area contributed by atoms with Crippen LogP contribution in [0, 0.1) is 13.8 Å². The molecule has 1 aliphatic rings. The maximum atomic E-state index is 12.9. The first kappa shape index (κ1) is 23.8. The molecule has 0 saturated carbocycles. The zero-order valence-corrected chi connectivity index (χ0v) is 20.2. The molecule has 7 heteroatoms. The number of methoxy groups -OCH3 is 1. The number of carbonyl (C=O) groups is 1. The van der Waals surface area contributed by atoms with Crippen molar-refractivity contribution in [2.24, 2.45) is 0 Å². The lowest BCUT2D eigenvalue weighted by molar-refractivity contribution is 0.0924. The summed E-state index contributed by atoms with van der Waals surface area (Å²) < 4.78 is 16.3. The normalized spacial score (nSPS) is 15.0. The Morgan fingerprint density at radius 2 is 1.71 bits per heavy atom. The Hall–Kier alpha value is -3.32. The first-order valence-electron chi connectivity index (χ1n) is 11.9. The summed E-state index contributed by atoms with van der Waals surface area (Å²) >= 11 is 0. The third-order valence-electron chi connectivity index (χ3n) is 6.47. The van der Waals surface area contributed by atoms with Gasteiger partial charge in [0.15, 0.2) is 0 Å². The number of benzene rings is 2. The summed E-state index contributed by atoms with van der Waals surface area (Å²) in [5.41, 5.74) is 3.57. The van der Waals surface area contributed by atoms with E-state index in [2.05, 4.69) is 27.5 Å². The fraction of sp³-hybridized carbons (Fsp3) is 0.407. The van der Waals surface area contributed by atoms with Crippen molar-refractivity contribution in [3.63, 3.8) is 0 Å². The number of aromatic nitrogens is 1. The highest BCUT2D eigenvalue weighted by Crippen LogP contribution is 2.26. The lowest BCUT2D eigenvalue weighted by atomic mass is 10.0. The molecular formula is C27H33N3O4. The molecule has 1 fully saturated rings. The molecule has 0 unspecified atom stereocenters. The second-order valence-electron chi connectivity index (χ2n) is 8.71. The van der Waals surface area contributed by atoms with Gasteiger partial charge in [-0.3, -0.25) is 9.69 Å². The molecule has 0 spiro atoms. The van der Waals surface area contributed by atoms with Gasteiger partial charge < -0.3 is 19.3 Å². The Morgan fingerprint density at radius 1 is 1.03 bits per heavy atom. The third kappa shape index (κ3) is 5.78. The average molecular weight is 464 g/mol. The van der Waals surface area contributed by atoms with E-state index in [1.165, 1.54) is 24.8 Å². The number of carbonyl (C=O) groups excluding carboxylic acids is 1. The van der Waals surface area contributed by atoms with Crippen molar-refractivity contribution in [1.82, 2.24) is 15.4 Å². The first-order valence-corrected chi connectivity index (χ1v) is 11.9. The number of aryl methyl sites for hydroxylation is 2. The number of nitrogens with zero attached hydrogens (tertiary/aromatic N) is 2. The van der Waals surface area contributed by atoms with E-state index in [1.54, 1.807) is 19.2 Å². The van der Waals surface area contributed by atoms with Crippen molar-refractivity contribution in [2.45, 2.75) is 45.8 Å². The van der Waals surface area contributed by atoms with Crippen molar-refractivity contribution < 1.29 is 18.8 Å². The van der Waals surface area contributed by atoms with Gasteiger partial charge in [0.05, 0.1) is 24.4 Å². The number of likely N-dealkylation sites (tertiary alicyclic amines) is 1. The van der Waals surface area contributed by atoms with Crippen molar-refractivity contribution in [2.75, 3.05) is 26.7 Å². The molecule has 0 radical (unpaired) electrons. The molecule has 1 atom stereocenters. The summed E-state index contributed by atoms with van der Waals surface area (Å²) in [5.74, 6) is 2.20. The number of hydrogen-bond donors (Lipinski definition) is 1. The Kier molecular flexibility index (Phi) is 7.85. The molecule has 0 aliphatic carbocycles. The fourth-order valence-electron chi connectivity index (χ4n) is 4.37. The van der Waals surface area contributed by atoms with Gasteiger partial charge in [0.1, 0.15) is 23.9 Å². The molecule has 180 valence electrons. The molecule has 1 N–H and O–H groups in total. The van der Waals surface area contributed by atoms with Crippen LogP contribution in [0.5, 0.6) is 11.5 Å². The molecule has 2 heterocycles. The smallest absolute Gasteiger partial charge is 0.251 e. The predicted octanol–water partition coefficient (Wildman–Crippen LogP) is 4.84. The van der Waals surface area contributed by atoms with Gasteiger partial charge in [-0.25, -0.2) is 0 Å². The summed E-state index contributed by atoms with van der Waals surface area (Å²) in [5, 5.41) is 7.09. The quantitative estimate of drug-likeness (QED) is 0.490. The van der Waals surface area contributed by atoms with E-state index in [0.717, 1.165) is 35.9 Å². The zero-order chi connectivity index (χ0) is 23.9. The Labute approximate surface area is 201 Å². The molecular weight excluding hydrogens is 430 g/mol. The summed E-state index contributed by atoms with van der Waals surface area (Å²) in [4.78, 5) is 15.4. The van der Waals surface area contributed by atoms with Crippen LogP contribution in [0.25, 0.3) is 0 Å². The van der Waals surface area contributed by atoms with E-state index in [9.17, 15) is 4.79 Å². The van der Waals surface area contributed by atoms with Gasteiger partial charge in [-0.1, -0.05) is 23.7 Å². The van der Waals surface area contributed by atoms with E-state index in [4.69, 9.17) is 14.0 Å². The molecule has 2 aromatic carbocycles. The van der Waals surface area contributed by atoms with Crippen LogP contribution in [0.2, 0.25) is 0 Å². The molecule has 1 amide bonds. The highest BCUT2D eigenvalue weighted by molar-refractivity contribution is 5.94. The maximum absolute atomic E-state index is 12.9. The average Bonchev–Trinajstić information content (AvgIpc) is 3.21. The van der Waals surface area contributed by atoms with Gasteiger partial charge >= 0.3 is 0 Å². The number of ether oxygens (including phenoxy) is 2. The minimum Gasteiger partial charge on any atom is -0.497 e. The second kappa shape index (κ2) is 11.2. The standard InChI is InChI=1S/C27H33N3O4/c1-19-25(20(2)34-29-19)18-33-24-13-9-22(10-14-24)27(31)28-17-26(30-15-5-4-6-16-30)21-7-11-23(32-3)12-8-21/h7-14,26H,4-6,15-18H2,1-3H3,(H,28,31)/t26-/m1/s1. The van der Waals surface area contributed by atoms with E-state index in [-0.39, 0.29) is 11.9 Å². The van der Waals surface area contributed by atoms with Crippen LogP contribution in [-0.2, 0) is 6.61 Å². The minimum atomic E-state index is -0.0900. The van der Waals surface area contributed by atoms with Gasteiger partial charge in [-0.05, 0) is 81.7 Å². The SMILES string of the molecule is COc1ccc([C@@H](CNC(=O)c2ccc(OCc3c(C)noc3C)cc2)N2CCCCC2)cc1. The van der Waals surface area contributed by atoms with Gasteiger partial charge in [0.25, 0.3) is 5.91 Å². The lowest BCUT2D eigenvalue weighted by Crippen LogP contribution is -2.40. The molecule has 0 bridgehead atoms. The number of hydrogen-bond acceptors (Lipinski definition) is 6. The van der Waals surface area contributed by atoms with Crippen LogP contribution in [0.4, 0.5) is 0 Å². The number of amides is 1. The van der Waals surface area contributed by atoms with Crippen LogP contribution in [0.3, 0.4) is 0 Å². The van der Waals surface area contributed by atoms with Gasteiger partial charge in [0.2, 0.25) is 0 Å². The summed E-state index contributed by atoms with van der Waals surface area (Å²) in [6.45, 7) is 6.79. The fourth-order valence-corrected chi connectivity index (χ4v) is 4.37. The number of nitrogens with one attached hydrogen (secondary N) is 1. The molecule has 3 aromatic rings. The topological polar surface area (TPSA) is 76.8 Å². The molecule has 4 rings (SSSR count). The highest BCUT2D eigenvalue weighted by Gasteiger charge is 2.23. The molecule has 1 aliphatic heterocycles. The summed E-state index contributed by atoms with van der Waals surface area (Å²) in [6.07, 6.45) is 3.65. The largest absolute Gasteiger partial charge is 0.497 e. The van der Waals surface area contributed by atoms with Gasteiger partial charge in [-0.15, -0.1) is 0 Å².